The molecule has 1 amide bonds. The number of hydrogen-bond acceptors (Lipinski definition) is 3. The number of pyridine rings is 1. The van der Waals surface area contributed by atoms with Gasteiger partial charge in [-0.25, -0.2) is 0 Å². The zero-order chi connectivity index (χ0) is 13.1. The first kappa shape index (κ1) is 13.3. The Hall–Kier alpha value is -1.13. The molecule has 0 saturated carbocycles. The minimum absolute atomic E-state index is 0.00610. The molecule has 0 N–H and O–H groups in total. The summed E-state index contributed by atoms with van der Waals surface area (Å²) in [5.74, 6) is 0.399. The van der Waals surface area contributed by atoms with Gasteiger partial charge in [-0.1, -0.05) is 0 Å². The summed E-state index contributed by atoms with van der Waals surface area (Å²) in [6.07, 6.45) is 1.54. The van der Waals surface area contributed by atoms with E-state index >= 15 is 0 Å². The molecule has 1 fully saturated rings. The standard InChI is InChI=1S/C13H17ClN2O2/c1-9-3-4-11(6-15-9)13(17)16-7-12(5-14)18-8-10(16)2/h3-4,6,10,12H,5,7-8H2,1-2H3. The number of morpholine rings is 1. The van der Waals surface area contributed by atoms with E-state index in [4.69, 9.17) is 16.3 Å². The van der Waals surface area contributed by atoms with Gasteiger partial charge in [-0.05, 0) is 26.0 Å². The molecular weight excluding hydrogens is 252 g/mol. The molecule has 1 saturated heterocycles. The summed E-state index contributed by atoms with van der Waals surface area (Å²) in [6, 6.07) is 3.72. The predicted molar refractivity (Wildman–Crippen MR) is 69.9 cm³/mol. The van der Waals surface area contributed by atoms with Gasteiger partial charge >= 0.3 is 0 Å². The molecule has 0 aromatic carbocycles. The number of halogens is 1. The second-order valence-corrected chi connectivity index (χ2v) is 4.91. The maximum absolute atomic E-state index is 12.4. The van der Waals surface area contributed by atoms with Gasteiger partial charge in [-0.15, -0.1) is 11.6 Å². The third-order valence-electron chi connectivity index (χ3n) is 3.10. The number of amides is 1. The molecule has 2 unspecified atom stereocenters. The van der Waals surface area contributed by atoms with Crippen molar-refractivity contribution in [3.8, 4) is 0 Å². The molecule has 1 aromatic rings. The van der Waals surface area contributed by atoms with Crippen molar-refractivity contribution in [2.24, 2.45) is 0 Å². The lowest BCUT2D eigenvalue weighted by Gasteiger charge is -2.37. The molecule has 5 heteroatoms. The van der Waals surface area contributed by atoms with Gasteiger partial charge in [0.1, 0.15) is 0 Å². The molecule has 1 aromatic heterocycles. The van der Waals surface area contributed by atoms with E-state index in [-0.39, 0.29) is 18.1 Å². The van der Waals surface area contributed by atoms with E-state index in [0.29, 0.717) is 24.6 Å². The molecule has 1 aliphatic rings. The first-order valence-electron chi connectivity index (χ1n) is 6.03. The average molecular weight is 269 g/mol. The monoisotopic (exact) mass is 268 g/mol. The van der Waals surface area contributed by atoms with Crippen LogP contribution in [-0.2, 0) is 4.74 Å². The van der Waals surface area contributed by atoms with Crippen LogP contribution in [0.3, 0.4) is 0 Å². The van der Waals surface area contributed by atoms with Gasteiger partial charge in [-0.2, -0.15) is 0 Å². The second-order valence-electron chi connectivity index (χ2n) is 4.60. The van der Waals surface area contributed by atoms with Crippen LogP contribution in [0.15, 0.2) is 18.3 Å². The summed E-state index contributed by atoms with van der Waals surface area (Å²) in [5.41, 5.74) is 1.52. The topological polar surface area (TPSA) is 42.4 Å². The summed E-state index contributed by atoms with van der Waals surface area (Å²) >= 11 is 5.79. The summed E-state index contributed by atoms with van der Waals surface area (Å²) < 4.78 is 5.53. The summed E-state index contributed by atoms with van der Waals surface area (Å²) in [7, 11) is 0. The molecule has 4 nitrogen and oxygen atoms in total. The van der Waals surface area contributed by atoms with Crippen molar-refractivity contribution in [1.82, 2.24) is 9.88 Å². The Balaban J connectivity index is 2.13. The van der Waals surface area contributed by atoms with Crippen LogP contribution < -0.4 is 0 Å². The van der Waals surface area contributed by atoms with Crippen molar-refractivity contribution >= 4 is 17.5 Å². The Morgan fingerprint density at radius 1 is 1.61 bits per heavy atom. The van der Waals surface area contributed by atoms with Crippen LogP contribution in [0.5, 0.6) is 0 Å². The largest absolute Gasteiger partial charge is 0.373 e. The summed E-state index contributed by atoms with van der Waals surface area (Å²) in [6.45, 7) is 4.94. The second kappa shape index (κ2) is 5.67. The van der Waals surface area contributed by atoms with Gasteiger partial charge in [0.05, 0.1) is 30.2 Å². The van der Waals surface area contributed by atoms with E-state index in [2.05, 4.69) is 4.98 Å². The molecule has 2 rings (SSSR count). The van der Waals surface area contributed by atoms with Gasteiger partial charge in [-0.3, -0.25) is 9.78 Å². The Labute approximate surface area is 112 Å². The van der Waals surface area contributed by atoms with E-state index in [1.54, 1.807) is 6.20 Å². The quantitative estimate of drug-likeness (QED) is 0.769. The number of alkyl halides is 1. The summed E-state index contributed by atoms with van der Waals surface area (Å²) in [5, 5.41) is 0. The maximum atomic E-state index is 12.4. The van der Waals surface area contributed by atoms with Gasteiger partial charge in [0.25, 0.3) is 5.91 Å². The molecule has 98 valence electrons. The van der Waals surface area contributed by atoms with Crippen LogP contribution >= 0.6 is 11.6 Å². The molecule has 0 bridgehead atoms. The normalized spacial score (nSPS) is 24.1. The van der Waals surface area contributed by atoms with Crippen molar-refractivity contribution in [2.75, 3.05) is 19.0 Å². The van der Waals surface area contributed by atoms with Crippen LogP contribution in [0.25, 0.3) is 0 Å². The Kier molecular flexibility index (Phi) is 4.19. The minimum atomic E-state index is -0.0785. The number of aryl methyl sites for hydroxylation is 1. The molecule has 0 radical (unpaired) electrons. The number of carbonyl (C=O) groups excluding carboxylic acids is 1. The molecule has 0 aliphatic carbocycles. The number of aromatic nitrogens is 1. The maximum Gasteiger partial charge on any atom is 0.255 e. The highest BCUT2D eigenvalue weighted by Crippen LogP contribution is 2.16. The average Bonchev–Trinajstić information content (AvgIpc) is 2.39. The van der Waals surface area contributed by atoms with Crippen molar-refractivity contribution < 1.29 is 9.53 Å². The van der Waals surface area contributed by atoms with Crippen molar-refractivity contribution in [1.29, 1.82) is 0 Å². The lowest BCUT2D eigenvalue weighted by Crippen LogP contribution is -2.51. The summed E-state index contributed by atoms with van der Waals surface area (Å²) in [4.78, 5) is 18.3. The number of ether oxygens (including phenoxy) is 1. The van der Waals surface area contributed by atoms with Crippen molar-refractivity contribution in [3.05, 3.63) is 29.6 Å². The highest BCUT2D eigenvalue weighted by Gasteiger charge is 2.29. The molecule has 18 heavy (non-hydrogen) atoms. The molecular formula is C13H17ClN2O2. The first-order chi connectivity index (χ1) is 8.61. The van der Waals surface area contributed by atoms with E-state index in [0.717, 1.165) is 5.69 Å². The Morgan fingerprint density at radius 2 is 2.39 bits per heavy atom. The highest BCUT2D eigenvalue weighted by atomic mass is 35.5. The predicted octanol–water partition coefficient (Wildman–Crippen LogP) is 1.86. The molecule has 2 atom stereocenters. The fourth-order valence-electron chi connectivity index (χ4n) is 1.95. The fourth-order valence-corrected chi connectivity index (χ4v) is 2.14. The third-order valence-corrected chi connectivity index (χ3v) is 3.44. The van der Waals surface area contributed by atoms with Gasteiger partial charge in [0.2, 0.25) is 0 Å². The minimum Gasteiger partial charge on any atom is -0.373 e. The zero-order valence-electron chi connectivity index (χ0n) is 10.6. The smallest absolute Gasteiger partial charge is 0.255 e. The van der Waals surface area contributed by atoms with Crippen molar-refractivity contribution in [3.63, 3.8) is 0 Å². The van der Waals surface area contributed by atoms with Gasteiger partial charge in [0, 0.05) is 18.4 Å². The van der Waals surface area contributed by atoms with Crippen LogP contribution in [0.4, 0.5) is 0 Å². The highest BCUT2D eigenvalue weighted by molar-refractivity contribution is 6.18. The zero-order valence-corrected chi connectivity index (χ0v) is 11.4. The molecule has 0 spiro atoms. The van der Waals surface area contributed by atoms with Crippen LogP contribution in [0.1, 0.15) is 23.0 Å². The van der Waals surface area contributed by atoms with E-state index in [9.17, 15) is 4.79 Å². The van der Waals surface area contributed by atoms with E-state index in [1.165, 1.54) is 0 Å². The van der Waals surface area contributed by atoms with Crippen LogP contribution in [-0.4, -0.2) is 47.0 Å². The molecule has 2 heterocycles. The number of carbonyl (C=O) groups is 1. The lowest BCUT2D eigenvalue weighted by atomic mass is 10.1. The van der Waals surface area contributed by atoms with Crippen LogP contribution in [0.2, 0.25) is 0 Å². The number of rotatable bonds is 2. The first-order valence-corrected chi connectivity index (χ1v) is 6.56. The van der Waals surface area contributed by atoms with E-state index < -0.39 is 0 Å². The number of hydrogen-bond donors (Lipinski definition) is 0. The van der Waals surface area contributed by atoms with E-state index in [1.807, 2.05) is 30.9 Å². The lowest BCUT2D eigenvalue weighted by molar-refractivity contribution is -0.0371. The van der Waals surface area contributed by atoms with Crippen LogP contribution in [0, 0.1) is 6.92 Å². The van der Waals surface area contributed by atoms with Gasteiger partial charge in [0.15, 0.2) is 0 Å². The van der Waals surface area contributed by atoms with Gasteiger partial charge < -0.3 is 9.64 Å². The molecule has 1 aliphatic heterocycles. The van der Waals surface area contributed by atoms with Crippen molar-refractivity contribution in [2.45, 2.75) is 26.0 Å². The Bertz CT molecular complexity index is 422. The number of nitrogens with zero attached hydrogens (tertiary/aromatic N) is 2. The SMILES string of the molecule is Cc1ccc(C(=O)N2CC(CCl)OCC2C)cn1. The third kappa shape index (κ3) is 2.82. The Morgan fingerprint density at radius 3 is 3.00 bits per heavy atom. The fraction of sp³-hybridized carbons (Fsp3) is 0.538.